The van der Waals surface area contributed by atoms with E-state index in [-0.39, 0.29) is 11.9 Å². The number of fused-ring (bicyclic) bond motifs is 2. The summed E-state index contributed by atoms with van der Waals surface area (Å²) in [6, 6.07) is 5.64. The topological polar surface area (TPSA) is 55.4 Å². The highest BCUT2D eigenvalue weighted by molar-refractivity contribution is 9.10. The molecule has 3 aromatic rings. The summed E-state index contributed by atoms with van der Waals surface area (Å²) in [5, 5.41) is 4.39. The van der Waals surface area contributed by atoms with Crippen LogP contribution in [-0.2, 0) is 6.54 Å². The van der Waals surface area contributed by atoms with E-state index in [4.69, 9.17) is 0 Å². The third-order valence-electron chi connectivity index (χ3n) is 4.07. The normalized spacial score (nSPS) is 17.7. The first-order valence-corrected chi connectivity index (χ1v) is 7.90. The fraction of sp³-hybridized carbons (Fsp3) is 0.267. The number of rotatable bonds is 1. The second-order valence-electron chi connectivity index (χ2n) is 5.40. The van der Waals surface area contributed by atoms with E-state index in [1.807, 2.05) is 42.4 Å². The van der Waals surface area contributed by atoms with Crippen molar-refractivity contribution in [2.45, 2.75) is 19.5 Å². The minimum atomic E-state index is -0.0541. The molecule has 0 spiro atoms. The number of imidazole rings is 1. The number of carbonyl (C=O) groups is 1. The van der Waals surface area contributed by atoms with Gasteiger partial charge in [0.2, 0.25) is 0 Å². The van der Waals surface area contributed by atoms with E-state index in [9.17, 15) is 4.79 Å². The van der Waals surface area contributed by atoms with Gasteiger partial charge in [-0.05, 0) is 41.1 Å². The lowest BCUT2D eigenvalue weighted by molar-refractivity contribution is 0.0631. The molecule has 0 radical (unpaired) electrons. The Morgan fingerprint density at radius 2 is 2.23 bits per heavy atom. The van der Waals surface area contributed by atoms with Gasteiger partial charge < -0.3 is 9.47 Å². The van der Waals surface area contributed by atoms with Crippen molar-refractivity contribution >= 4 is 27.4 Å². The molecule has 1 aliphatic rings. The Balaban J connectivity index is 1.68. The molecule has 0 bridgehead atoms. The first-order valence-electron chi connectivity index (χ1n) is 7.10. The zero-order valence-corrected chi connectivity index (χ0v) is 13.6. The maximum atomic E-state index is 12.8. The summed E-state index contributed by atoms with van der Waals surface area (Å²) >= 11 is 3.41. The summed E-state index contributed by atoms with van der Waals surface area (Å²) in [5.74, 6) is 0.868. The summed E-state index contributed by atoms with van der Waals surface area (Å²) in [4.78, 5) is 19.0. The Morgan fingerprint density at radius 1 is 1.36 bits per heavy atom. The van der Waals surface area contributed by atoms with E-state index in [1.54, 1.807) is 10.7 Å². The highest BCUT2D eigenvalue weighted by Gasteiger charge is 2.30. The molecule has 0 saturated carbocycles. The Bertz CT molecular complexity index is 868. The molecule has 3 aromatic heterocycles. The van der Waals surface area contributed by atoms with E-state index in [2.05, 4.69) is 30.6 Å². The van der Waals surface area contributed by atoms with Crippen LogP contribution in [0.4, 0.5) is 0 Å². The van der Waals surface area contributed by atoms with E-state index in [1.165, 1.54) is 0 Å². The maximum absolute atomic E-state index is 12.8. The van der Waals surface area contributed by atoms with Gasteiger partial charge in [0, 0.05) is 36.2 Å². The quantitative estimate of drug-likeness (QED) is 0.670. The Kier molecular flexibility index (Phi) is 3.04. The van der Waals surface area contributed by atoms with Gasteiger partial charge in [0.15, 0.2) is 5.69 Å². The number of hydrogen-bond donors (Lipinski definition) is 0. The monoisotopic (exact) mass is 359 g/mol. The molecule has 22 heavy (non-hydrogen) atoms. The molecule has 6 nitrogen and oxygen atoms in total. The standard InChI is InChI=1S/C15H14BrN5O/c1-10-14-17-4-5-19(14)6-7-20(10)15(22)13-8-12-3-2-11(16)9-21(12)18-13/h2-5,8-10H,6-7H2,1H3. The Labute approximate surface area is 135 Å². The van der Waals surface area contributed by atoms with Crippen molar-refractivity contribution in [3.05, 3.63) is 52.8 Å². The van der Waals surface area contributed by atoms with Crippen LogP contribution >= 0.6 is 15.9 Å². The predicted molar refractivity (Wildman–Crippen MR) is 84.6 cm³/mol. The largest absolute Gasteiger partial charge is 0.331 e. The zero-order chi connectivity index (χ0) is 15.3. The smallest absolute Gasteiger partial charge is 0.275 e. The average molecular weight is 360 g/mol. The van der Waals surface area contributed by atoms with Crippen LogP contribution in [0, 0.1) is 0 Å². The number of carbonyl (C=O) groups excluding carboxylic acids is 1. The minimum Gasteiger partial charge on any atom is -0.331 e. The van der Waals surface area contributed by atoms with Gasteiger partial charge >= 0.3 is 0 Å². The van der Waals surface area contributed by atoms with Gasteiger partial charge in [-0.1, -0.05) is 0 Å². The molecule has 1 amide bonds. The van der Waals surface area contributed by atoms with E-state index < -0.39 is 0 Å². The van der Waals surface area contributed by atoms with Gasteiger partial charge in [0.05, 0.1) is 11.6 Å². The van der Waals surface area contributed by atoms with Gasteiger partial charge in [0.25, 0.3) is 5.91 Å². The molecule has 0 fully saturated rings. The van der Waals surface area contributed by atoms with Crippen LogP contribution in [0.1, 0.15) is 29.3 Å². The van der Waals surface area contributed by atoms with Gasteiger partial charge in [-0.2, -0.15) is 5.10 Å². The van der Waals surface area contributed by atoms with Gasteiger partial charge in [-0.3, -0.25) is 4.79 Å². The summed E-state index contributed by atoms with van der Waals surface area (Å²) in [6.45, 7) is 3.44. The van der Waals surface area contributed by atoms with E-state index >= 15 is 0 Å². The second-order valence-corrected chi connectivity index (χ2v) is 6.32. The molecule has 4 rings (SSSR count). The minimum absolute atomic E-state index is 0.0483. The van der Waals surface area contributed by atoms with Crippen LogP contribution in [0.2, 0.25) is 0 Å². The summed E-state index contributed by atoms with van der Waals surface area (Å²) < 4.78 is 4.73. The van der Waals surface area contributed by atoms with Crippen molar-refractivity contribution < 1.29 is 4.79 Å². The van der Waals surface area contributed by atoms with Crippen molar-refractivity contribution in [1.29, 1.82) is 0 Å². The highest BCUT2D eigenvalue weighted by atomic mass is 79.9. The van der Waals surface area contributed by atoms with Crippen molar-refractivity contribution in [2.75, 3.05) is 6.54 Å². The van der Waals surface area contributed by atoms with Gasteiger partial charge in [-0.25, -0.2) is 9.50 Å². The van der Waals surface area contributed by atoms with Crippen LogP contribution in [0.15, 0.2) is 41.3 Å². The SMILES string of the molecule is CC1c2nccn2CCN1C(=O)c1cc2ccc(Br)cn2n1. The fourth-order valence-corrected chi connectivity index (χ4v) is 3.24. The van der Waals surface area contributed by atoms with Crippen LogP contribution in [-0.4, -0.2) is 36.5 Å². The number of amides is 1. The van der Waals surface area contributed by atoms with Gasteiger partial charge in [0.1, 0.15) is 5.82 Å². The number of halogens is 1. The maximum Gasteiger partial charge on any atom is 0.275 e. The summed E-state index contributed by atoms with van der Waals surface area (Å²) in [7, 11) is 0. The molecule has 112 valence electrons. The molecule has 0 aliphatic carbocycles. The highest BCUT2D eigenvalue weighted by Crippen LogP contribution is 2.25. The third-order valence-corrected chi connectivity index (χ3v) is 4.54. The summed E-state index contributed by atoms with van der Waals surface area (Å²) in [6.07, 6.45) is 5.58. The first kappa shape index (κ1) is 13.5. The number of hydrogen-bond acceptors (Lipinski definition) is 3. The van der Waals surface area contributed by atoms with Crippen LogP contribution < -0.4 is 0 Å². The number of nitrogens with zero attached hydrogens (tertiary/aromatic N) is 5. The lowest BCUT2D eigenvalue weighted by atomic mass is 10.2. The molecule has 7 heteroatoms. The van der Waals surface area contributed by atoms with Crippen molar-refractivity contribution in [3.8, 4) is 0 Å². The molecular weight excluding hydrogens is 346 g/mol. The summed E-state index contributed by atoms with van der Waals surface area (Å²) in [5.41, 5.74) is 1.36. The lowest BCUT2D eigenvalue weighted by Crippen LogP contribution is -2.41. The Morgan fingerprint density at radius 3 is 3.09 bits per heavy atom. The fourth-order valence-electron chi connectivity index (χ4n) is 2.92. The molecule has 1 atom stereocenters. The van der Waals surface area contributed by atoms with Crippen LogP contribution in [0.5, 0.6) is 0 Å². The predicted octanol–water partition coefficient (Wildman–Crippen LogP) is 2.51. The third kappa shape index (κ3) is 2.04. The molecule has 4 heterocycles. The average Bonchev–Trinajstić information content (AvgIpc) is 3.12. The van der Waals surface area contributed by atoms with E-state index in [0.29, 0.717) is 12.2 Å². The number of pyridine rings is 1. The van der Waals surface area contributed by atoms with E-state index in [0.717, 1.165) is 22.4 Å². The van der Waals surface area contributed by atoms with Crippen molar-refractivity contribution in [3.63, 3.8) is 0 Å². The number of aromatic nitrogens is 4. The first-order chi connectivity index (χ1) is 10.6. The molecule has 0 aromatic carbocycles. The second kappa shape index (κ2) is 4.95. The van der Waals surface area contributed by atoms with Crippen molar-refractivity contribution in [2.24, 2.45) is 0 Å². The van der Waals surface area contributed by atoms with Crippen molar-refractivity contribution in [1.82, 2.24) is 24.1 Å². The molecule has 1 unspecified atom stereocenters. The lowest BCUT2D eigenvalue weighted by Gasteiger charge is -2.33. The molecule has 0 N–H and O–H groups in total. The van der Waals surface area contributed by atoms with Crippen LogP contribution in [0.25, 0.3) is 5.52 Å². The molecular formula is C15H14BrN5O. The zero-order valence-electron chi connectivity index (χ0n) is 12.0. The van der Waals surface area contributed by atoms with Gasteiger partial charge in [-0.15, -0.1) is 0 Å². The Hall–Kier alpha value is -2.15. The van der Waals surface area contributed by atoms with Crippen LogP contribution in [0.3, 0.4) is 0 Å². The molecule has 0 saturated heterocycles. The molecule has 1 aliphatic heterocycles.